The molecular weight excluding hydrogens is 372 g/mol. The topological polar surface area (TPSA) is 60.5 Å². The van der Waals surface area contributed by atoms with Gasteiger partial charge >= 0.3 is 0 Å². The maximum atomic E-state index is 12.9. The molecule has 2 aliphatic rings. The number of likely N-dealkylation sites (tertiary alicyclic amines) is 1. The van der Waals surface area contributed by atoms with E-state index in [4.69, 9.17) is 18.9 Å². The van der Waals surface area contributed by atoms with Crippen molar-refractivity contribution in [3.63, 3.8) is 0 Å². The summed E-state index contributed by atoms with van der Waals surface area (Å²) in [5.41, 5.74) is 0.583. The van der Waals surface area contributed by atoms with E-state index in [2.05, 4.69) is 18.7 Å². The summed E-state index contributed by atoms with van der Waals surface area (Å²) >= 11 is 0. The molecule has 2 fully saturated rings. The van der Waals surface area contributed by atoms with E-state index in [0.717, 1.165) is 25.9 Å². The third-order valence-electron chi connectivity index (χ3n) is 5.62. The van der Waals surface area contributed by atoms with Crippen molar-refractivity contribution in [1.82, 2.24) is 9.80 Å². The Morgan fingerprint density at radius 1 is 1.24 bits per heavy atom. The lowest BCUT2D eigenvalue weighted by atomic mass is 10.1. The van der Waals surface area contributed by atoms with Gasteiger partial charge in [0.25, 0.3) is 5.91 Å². The first-order valence-corrected chi connectivity index (χ1v) is 10.5. The van der Waals surface area contributed by atoms with Crippen molar-refractivity contribution >= 4 is 5.91 Å². The van der Waals surface area contributed by atoms with Gasteiger partial charge in [-0.25, -0.2) is 0 Å². The van der Waals surface area contributed by atoms with Crippen molar-refractivity contribution in [2.45, 2.75) is 44.9 Å². The average Bonchev–Trinajstić information content (AvgIpc) is 2.74. The second kappa shape index (κ2) is 10.3. The van der Waals surface area contributed by atoms with Crippen molar-refractivity contribution in [3.8, 4) is 11.5 Å². The Kier molecular flexibility index (Phi) is 7.75. The van der Waals surface area contributed by atoms with Gasteiger partial charge in [0.15, 0.2) is 11.5 Å². The van der Waals surface area contributed by atoms with Gasteiger partial charge in [-0.3, -0.25) is 4.79 Å². The number of ether oxygens (including phenoxy) is 4. The molecule has 7 heteroatoms. The molecule has 1 atom stereocenters. The minimum absolute atomic E-state index is 0.0682. The van der Waals surface area contributed by atoms with E-state index in [9.17, 15) is 4.79 Å². The lowest BCUT2D eigenvalue weighted by molar-refractivity contribution is -0.0933. The molecule has 162 valence electrons. The molecule has 7 nitrogen and oxygen atoms in total. The van der Waals surface area contributed by atoms with E-state index >= 15 is 0 Å². The van der Waals surface area contributed by atoms with Crippen molar-refractivity contribution in [2.75, 3.05) is 53.6 Å². The maximum absolute atomic E-state index is 12.9. The number of amides is 1. The van der Waals surface area contributed by atoms with Crippen LogP contribution in [0, 0.1) is 0 Å². The molecule has 1 amide bonds. The van der Waals surface area contributed by atoms with E-state index in [-0.39, 0.29) is 18.1 Å². The van der Waals surface area contributed by atoms with E-state index in [1.165, 1.54) is 0 Å². The molecule has 3 rings (SSSR count). The summed E-state index contributed by atoms with van der Waals surface area (Å²) in [5, 5.41) is 0. The Bertz CT molecular complexity index is 667. The van der Waals surface area contributed by atoms with Crippen LogP contribution in [0.15, 0.2) is 18.2 Å². The molecule has 2 aliphatic heterocycles. The van der Waals surface area contributed by atoms with Gasteiger partial charge in [-0.15, -0.1) is 0 Å². The number of carbonyl (C=O) groups is 1. The number of hydrogen-bond donors (Lipinski definition) is 0. The first-order chi connectivity index (χ1) is 14.0. The molecule has 29 heavy (non-hydrogen) atoms. The number of rotatable bonds is 7. The minimum Gasteiger partial charge on any atom is -0.493 e. The molecule has 0 bridgehead atoms. The molecule has 0 aromatic heterocycles. The molecule has 0 unspecified atom stereocenters. The molecule has 0 aliphatic carbocycles. The zero-order chi connectivity index (χ0) is 20.8. The second-order valence-corrected chi connectivity index (χ2v) is 8.07. The van der Waals surface area contributed by atoms with E-state index in [0.29, 0.717) is 49.5 Å². The number of nitrogens with zero attached hydrogens (tertiary/aromatic N) is 2. The molecule has 2 saturated heterocycles. The van der Waals surface area contributed by atoms with Crippen LogP contribution in [0.1, 0.15) is 37.0 Å². The molecule has 1 aromatic rings. The zero-order valence-corrected chi connectivity index (χ0v) is 18.1. The highest BCUT2D eigenvalue weighted by Crippen LogP contribution is 2.31. The van der Waals surface area contributed by atoms with Gasteiger partial charge in [-0.1, -0.05) is 0 Å². The molecule has 0 spiro atoms. The van der Waals surface area contributed by atoms with Crippen molar-refractivity contribution < 1.29 is 23.7 Å². The molecule has 0 radical (unpaired) electrons. The number of piperidine rings is 1. The SMILES string of the molecule is COc1ccc(C(=O)N(C)C[C@H]2COCCO2)cc1OC1CCN(C(C)C)CC1. The lowest BCUT2D eigenvalue weighted by Crippen LogP contribution is -2.42. The Hall–Kier alpha value is -1.83. The smallest absolute Gasteiger partial charge is 0.253 e. The standard InChI is InChI=1S/C22H34N2O5/c1-16(2)24-9-7-18(8-10-24)29-21-13-17(5-6-20(21)26-4)22(25)23(3)14-19-15-27-11-12-28-19/h5-6,13,16,18-19H,7-12,14-15H2,1-4H3/t19-/m0/s1. The number of hydrogen-bond acceptors (Lipinski definition) is 6. The van der Waals surface area contributed by atoms with Crippen LogP contribution < -0.4 is 9.47 Å². The highest BCUT2D eigenvalue weighted by atomic mass is 16.6. The van der Waals surface area contributed by atoms with Crippen LogP contribution >= 0.6 is 0 Å². The first kappa shape index (κ1) is 21.9. The van der Waals surface area contributed by atoms with Crippen LogP contribution in [0.3, 0.4) is 0 Å². The summed E-state index contributed by atoms with van der Waals surface area (Å²) in [6.45, 7) is 8.69. The highest BCUT2D eigenvalue weighted by molar-refractivity contribution is 5.94. The molecule has 1 aromatic carbocycles. The van der Waals surface area contributed by atoms with Crippen molar-refractivity contribution in [3.05, 3.63) is 23.8 Å². The van der Waals surface area contributed by atoms with E-state index in [1.807, 2.05) is 0 Å². The summed E-state index contributed by atoms with van der Waals surface area (Å²) in [6, 6.07) is 5.94. The monoisotopic (exact) mass is 406 g/mol. The van der Waals surface area contributed by atoms with Crippen LogP contribution in [0.2, 0.25) is 0 Å². The number of carbonyl (C=O) groups excluding carboxylic acids is 1. The van der Waals surface area contributed by atoms with Gasteiger partial charge < -0.3 is 28.7 Å². The first-order valence-electron chi connectivity index (χ1n) is 10.5. The fourth-order valence-electron chi connectivity index (χ4n) is 3.84. The summed E-state index contributed by atoms with van der Waals surface area (Å²) < 4.78 is 22.8. The van der Waals surface area contributed by atoms with Crippen LogP contribution in [0.5, 0.6) is 11.5 Å². The average molecular weight is 407 g/mol. The predicted molar refractivity (Wildman–Crippen MR) is 111 cm³/mol. The number of likely N-dealkylation sites (N-methyl/N-ethyl adjacent to an activating group) is 1. The second-order valence-electron chi connectivity index (χ2n) is 8.07. The van der Waals surface area contributed by atoms with Gasteiger partial charge in [0.1, 0.15) is 6.10 Å². The van der Waals surface area contributed by atoms with E-state index < -0.39 is 0 Å². The van der Waals surface area contributed by atoms with Gasteiger partial charge in [-0.05, 0) is 44.9 Å². The van der Waals surface area contributed by atoms with Crippen molar-refractivity contribution in [2.24, 2.45) is 0 Å². The maximum Gasteiger partial charge on any atom is 0.253 e. The van der Waals surface area contributed by atoms with Crippen LogP contribution in [0.4, 0.5) is 0 Å². The predicted octanol–water partition coefficient (Wildman–Crippen LogP) is 2.43. The third kappa shape index (κ3) is 5.84. The van der Waals surface area contributed by atoms with Crippen molar-refractivity contribution in [1.29, 1.82) is 0 Å². The fourth-order valence-corrected chi connectivity index (χ4v) is 3.84. The van der Waals surface area contributed by atoms with Crippen LogP contribution in [-0.4, -0.2) is 87.6 Å². The molecular formula is C22H34N2O5. The summed E-state index contributed by atoms with van der Waals surface area (Å²) in [7, 11) is 3.41. The third-order valence-corrected chi connectivity index (χ3v) is 5.62. The summed E-state index contributed by atoms with van der Waals surface area (Å²) in [4.78, 5) is 17.0. The fraction of sp³-hybridized carbons (Fsp3) is 0.682. The summed E-state index contributed by atoms with van der Waals surface area (Å²) in [6.07, 6.45) is 1.99. The summed E-state index contributed by atoms with van der Waals surface area (Å²) in [5.74, 6) is 1.22. The van der Waals surface area contributed by atoms with E-state index in [1.54, 1.807) is 37.3 Å². The van der Waals surface area contributed by atoms with Gasteiger partial charge in [-0.2, -0.15) is 0 Å². The lowest BCUT2D eigenvalue weighted by Gasteiger charge is -2.34. The van der Waals surface area contributed by atoms with Gasteiger partial charge in [0.05, 0.1) is 33.0 Å². The Morgan fingerprint density at radius 2 is 2.00 bits per heavy atom. The Labute approximate surface area is 173 Å². The molecule has 0 N–H and O–H groups in total. The molecule has 0 saturated carbocycles. The van der Waals surface area contributed by atoms with Crippen LogP contribution in [-0.2, 0) is 9.47 Å². The minimum atomic E-state index is -0.0854. The number of methoxy groups -OCH3 is 1. The Balaban J connectivity index is 1.64. The van der Waals surface area contributed by atoms with Crippen LogP contribution in [0.25, 0.3) is 0 Å². The number of benzene rings is 1. The quantitative estimate of drug-likeness (QED) is 0.693. The molecule has 2 heterocycles. The van der Waals surface area contributed by atoms with Gasteiger partial charge in [0, 0.05) is 38.3 Å². The normalized spacial score (nSPS) is 21.2. The van der Waals surface area contributed by atoms with Gasteiger partial charge in [0.2, 0.25) is 0 Å². The Morgan fingerprint density at radius 3 is 2.62 bits per heavy atom. The zero-order valence-electron chi connectivity index (χ0n) is 18.1. The largest absolute Gasteiger partial charge is 0.493 e. The highest BCUT2D eigenvalue weighted by Gasteiger charge is 2.25.